The van der Waals surface area contributed by atoms with E-state index in [1.807, 2.05) is 12.1 Å². The van der Waals surface area contributed by atoms with Gasteiger partial charge in [-0.3, -0.25) is 14.3 Å². The Kier molecular flexibility index (Phi) is 9.65. The van der Waals surface area contributed by atoms with E-state index >= 15 is 0 Å². The molecule has 3 rings (SSSR count). The number of carbonyl (C=O) groups excluding carboxylic acids is 2. The molecule has 1 atom stereocenters. The van der Waals surface area contributed by atoms with E-state index in [4.69, 9.17) is 9.84 Å². The summed E-state index contributed by atoms with van der Waals surface area (Å²) < 4.78 is 6.82. The van der Waals surface area contributed by atoms with E-state index in [9.17, 15) is 14.4 Å². The van der Waals surface area contributed by atoms with Crippen molar-refractivity contribution in [1.29, 1.82) is 0 Å². The molecule has 3 aromatic rings. The normalized spacial score (nSPS) is 11.6. The largest absolute Gasteiger partial charge is 0.495 e. The molecule has 10 heteroatoms. The summed E-state index contributed by atoms with van der Waals surface area (Å²) in [6, 6.07) is 15.3. The lowest BCUT2D eigenvalue weighted by Gasteiger charge is -2.19. The summed E-state index contributed by atoms with van der Waals surface area (Å²) in [5.74, 6) is -0.161. The lowest BCUT2D eigenvalue weighted by Crippen LogP contribution is -2.31. The number of nitrogens with one attached hydrogen (secondary N) is 3. The minimum Gasteiger partial charge on any atom is -0.495 e. The van der Waals surface area contributed by atoms with Gasteiger partial charge in [-0.15, -0.1) is 0 Å². The Bertz CT molecular complexity index is 1210. The summed E-state index contributed by atoms with van der Waals surface area (Å²) in [5, 5.41) is 21.9. The Morgan fingerprint density at radius 2 is 1.76 bits per heavy atom. The molecule has 0 aliphatic carbocycles. The van der Waals surface area contributed by atoms with Gasteiger partial charge >= 0.3 is 12.0 Å². The summed E-state index contributed by atoms with van der Waals surface area (Å²) in [5.41, 5.74) is 2.64. The highest BCUT2D eigenvalue weighted by Crippen LogP contribution is 2.23. The first kappa shape index (κ1) is 27.3. The lowest BCUT2D eigenvalue weighted by atomic mass is 10.0. The third kappa shape index (κ3) is 8.68. The highest BCUT2D eigenvalue weighted by Gasteiger charge is 2.19. The monoisotopic (exact) mass is 507 g/mol. The van der Waals surface area contributed by atoms with Gasteiger partial charge in [-0.2, -0.15) is 5.10 Å². The molecule has 0 fully saturated rings. The molecule has 1 aromatic heterocycles. The highest BCUT2D eigenvalue weighted by molar-refractivity contribution is 6.00. The van der Waals surface area contributed by atoms with Crippen molar-refractivity contribution in [3.8, 4) is 5.75 Å². The molecule has 4 N–H and O–H groups in total. The molecule has 1 heterocycles. The summed E-state index contributed by atoms with van der Waals surface area (Å²) >= 11 is 0. The van der Waals surface area contributed by atoms with E-state index in [-0.39, 0.29) is 31.3 Å². The van der Waals surface area contributed by atoms with Crippen LogP contribution < -0.4 is 20.7 Å². The average Bonchev–Trinajstić information content (AvgIpc) is 3.33. The zero-order valence-corrected chi connectivity index (χ0v) is 21.2. The Morgan fingerprint density at radius 1 is 1.03 bits per heavy atom. The maximum absolute atomic E-state index is 12.8. The number of carbonyl (C=O) groups is 3. The van der Waals surface area contributed by atoms with Gasteiger partial charge in [0.05, 0.1) is 43.9 Å². The van der Waals surface area contributed by atoms with E-state index in [1.165, 1.54) is 7.11 Å². The first-order valence-electron chi connectivity index (χ1n) is 12.1. The van der Waals surface area contributed by atoms with Crippen LogP contribution in [-0.4, -0.2) is 39.9 Å². The van der Waals surface area contributed by atoms with Gasteiger partial charge in [-0.1, -0.05) is 38.1 Å². The number of nitrogens with zero attached hydrogens (tertiary/aromatic N) is 2. The van der Waals surface area contributed by atoms with Crippen LogP contribution >= 0.6 is 0 Å². The van der Waals surface area contributed by atoms with Gasteiger partial charge in [0.15, 0.2) is 0 Å². The summed E-state index contributed by atoms with van der Waals surface area (Å²) in [6.45, 7) is 4.40. The van der Waals surface area contributed by atoms with E-state index in [0.29, 0.717) is 35.2 Å². The van der Waals surface area contributed by atoms with Crippen molar-refractivity contribution >= 4 is 29.3 Å². The van der Waals surface area contributed by atoms with E-state index in [2.05, 4.69) is 34.9 Å². The topological polar surface area (TPSA) is 135 Å². The van der Waals surface area contributed by atoms with Crippen LogP contribution in [0.2, 0.25) is 0 Å². The molecule has 0 aliphatic rings. The van der Waals surface area contributed by atoms with Gasteiger partial charge in [0, 0.05) is 11.9 Å². The predicted octanol–water partition coefficient (Wildman–Crippen LogP) is 4.46. The molecule has 0 radical (unpaired) electrons. The number of amides is 3. The number of urea groups is 1. The van der Waals surface area contributed by atoms with Crippen molar-refractivity contribution in [3.05, 3.63) is 72.1 Å². The maximum Gasteiger partial charge on any atom is 0.323 e. The van der Waals surface area contributed by atoms with Gasteiger partial charge in [-0.25, -0.2) is 4.79 Å². The fraction of sp³-hybridized carbons (Fsp3) is 0.333. The molecular weight excluding hydrogens is 474 g/mol. The Labute approximate surface area is 216 Å². The second kappa shape index (κ2) is 13.1. The standard InChI is InChI=1S/C27H33N5O5/c1-18(2)16-23(21-12-14-32(31-21)15-13-26(34)35)29-25(33)17-19-8-10-20(11-9-19)28-27(36)30-22-6-4-5-7-24(22)37-3/h4-12,14,18,23H,13,15-17H2,1-3H3,(H,29,33)(H,34,35)(H2,28,30,36). The number of benzene rings is 2. The second-order valence-electron chi connectivity index (χ2n) is 9.05. The van der Waals surface area contributed by atoms with Crippen molar-refractivity contribution in [2.75, 3.05) is 17.7 Å². The molecule has 3 amide bonds. The number of hydrogen-bond donors (Lipinski definition) is 4. The third-order valence-corrected chi connectivity index (χ3v) is 5.55. The first-order chi connectivity index (χ1) is 17.7. The van der Waals surface area contributed by atoms with Crippen LogP contribution in [0.3, 0.4) is 0 Å². The summed E-state index contributed by atoms with van der Waals surface area (Å²) in [4.78, 5) is 36.0. The van der Waals surface area contributed by atoms with Gasteiger partial charge in [0.25, 0.3) is 0 Å². The zero-order valence-electron chi connectivity index (χ0n) is 21.2. The molecule has 37 heavy (non-hydrogen) atoms. The molecule has 2 aromatic carbocycles. The number of aliphatic carboxylic acids is 1. The van der Waals surface area contributed by atoms with Crippen LogP contribution in [0.15, 0.2) is 60.8 Å². The van der Waals surface area contributed by atoms with Crippen molar-refractivity contribution in [1.82, 2.24) is 15.1 Å². The van der Waals surface area contributed by atoms with Crippen LogP contribution in [0.4, 0.5) is 16.2 Å². The number of anilines is 2. The van der Waals surface area contributed by atoms with Crippen LogP contribution in [0.25, 0.3) is 0 Å². The Balaban J connectivity index is 1.56. The molecule has 0 spiro atoms. The van der Waals surface area contributed by atoms with E-state index in [1.54, 1.807) is 53.3 Å². The lowest BCUT2D eigenvalue weighted by molar-refractivity contribution is -0.137. The van der Waals surface area contributed by atoms with E-state index < -0.39 is 12.0 Å². The van der Waals surface area contributed by atoms with Gasteiger partial charge < -0.3 is 25.8 Å². The minimum atomic E-state index is -0.887. The predicted molar refractivity (Wildman–Crippen MR) is 141 cm³/mol. The quantitative estimate of drug-likeness (QED) is 0.286. The molecule has 10 nitrogen and oxygen atoms in total. The minimum absolute atomic E-state index is 0.0186. The van der Waals surface area contributed by atoms with Crippen LogP contribution in [-0.2, 0) is 22.6 Å². The maximum atomic E-state index is 12.8. The number of hydrogen-bond acceptors (Lipinski definition) is 5. The van der Waals surface area contributed by atoms with Gasteiger partial charge in [0.2, 0.25) is 5.91 Å². The fourth-order valence-corrected chi connectivity index (χ4v) is 3.79. The Morgan fingerprint density at radius 3 is 2.43 bits per heavy atom. The summed E-state index contributed by atoms with van der Waals surface area (Å²) in [7, 11) is 1.54. The number of carboxylic acids is 1. The number of methoxy groups -OCH3 is 1. The van der Waals surface area contributed by atoms with Crippen molar-refractivity contribution in [2.24, 2.45) is 5.92 Å². The van der Waals surface area contributed by atoms with Crippen LogP contribution in [0.5, 0.6) is 5.75 Å². The van der Waals surface area contributed by atoms with Gasteiger partial charge in [-0.05, 0) is 48.2 Å². The molecule has 0 bridgehead atoms. The van der Waals surface area contributed by atoms with Crippen LogP contribution in [0, 0.1) is 5.92 Å². The average molecular weight is 508 g/mol. The van der Waals surface area contributed by atoms with Crippen molar-refractivity contribution in [2.45, 2.75) is 45.7 Å². The van der Waals surface area contributed by atoms with Crippen molar-refractivity contribution < 1.29 is 24.2 Å². The highest BCUT2D eigenvalue weighted by atomic mass is 16.5. The molecular formula is C27H33N5O5. The number of para-hydroxylation sites is 2. The number of carboxylic acid groups (broad SMARTS) is 1. The third-order valence-electron chi connectivity index (χ3n) is 5.55. The van der Waals surface area contributed by atoms with Crippen molar-refractivity contribution in [3.63, 3.8) is 0 Å². The smallest absolute Gasteiger partial charge is 0.323 e. The number of aryl methyl sites for hydroxylation is 1. The molecule has 0 aliphatic heterocycles. The van der Waals surface area contributed by atoms with Crippen LogP contribution in [0.1, 0.15) is 44.0 Å². The van der Waals surface area contributed by atoms with Gasteiger partial charge in [0.1, 0.15) is 5.75 Å². The van der Waals surface area contributed by atoms with E-state index in [0.717, 1.165) is 5.56 Å². The Hall–Kier alpha value is -4.34. The SMILES string of the molecule is COc1ccccc1NC(=O)Nc1ccc(CC(=O)NC(CC(C)C)c2ccn(CCC(=O)O)n2)cc1. The second-order valence-corrected chi connectivity index (χ2v) is 9.05. The summed E-state index contributed by atoms with van der Waals surface area (Å²) in [6.07, 6.45) is 2.58. The molecule has 0 saturated heterocycles. The fourth-order valence-electron chi connectivity index (χ4n) is 3.79. The first-order valence-corrected chi connectivity index (χ1v) is 12.1. The molecule has 196 valence electrons. The number of aromatic nitrogens is 2. The number of ether oxygens (including phenoxy) is 1. The molecule has 1 unspecified atom stereocenters. The zero-order chi connectivity index (χ0) is 26.8. The number of rotatable bonds is 12. The molecule has 0 saturated carbocycles.